The lowest BCUT2D eigenvalue weighted by Gasteiger charge is -2.12. The van der Waals surface area contributed by atoms with Gasteiger partial charge in [-0.1, -0.05) is 41.9 Å². The molecule has 0 aliphatic carbocycles. The third-order valence-corrected chi connectivity index (χ3v) is 3.58. The second-order valence-corrected chi connectivity index (χ2v) is 5.46. The molecular weight excluding hydrogens is 284 g/mol. The Bertz CT molecular complexity index is 603. The van der Waals surface area contributed by atoms with Crippen molar-refractivity contribution in [3.8, 4) is 0 Å². The smallest absolute Gasteiger partial charge is 0.319 e. The number of amides is 2. The van der Waals surface area contributed by atoms with Gasteiger partial charge in [0.25, 0.3) is 0 Å². The number of hydrogen-bond acceptors (Lipinski definition) is 1. The molecule has 21 heavy (non-hydrogen) atoms. The van der Waals surface area contributed by atoms with Crippen LogP contribution in [0.3, 0.4) is 0 Å². The van der Waals surface area contributed by atoms with E-state index in [-0.39, 0.29) is 6.03 Å². The Morgan fingerprint density at radius 1 is 1.05 bits per heavy atom. The first-order chi connectivity index (χ1) is 10.1. The average Bonchev–Trinajstić information content (AvgIpc) is 2.45. The Labute approximate surface area is 130 Å². The highest BCUT2D eigenvalue weighted by Gasteiger charge is 2.06. The molecule has 0 spiro atoms. The lowest BCUT2D eigenvalue weighted by molar-refractivity contribution is 0.252. The quantitative estimate of drug-likeness (QED) is 0.867. The molecule has 0 fully saturated rings. The van der Waals surface area contributed by atoms with Crippen LogP contribution in [0.1, 0.15) is 16.7 Å². The summed E-state index contributed by atoms with van der Waals surface area (Å²) >= 11 is 5.84. The summed E-state index contributed by atoms with van der Waals surface area (Å²) in [5, 5.41) is 6.49. The number of halogens is 1. The van der Waals surface area contributed by atoms with Gasteiger partial charge in [-0.3, -0.25) is 0 Å². The number of anilines is 1. The topological polar surface area (TPSA) is 41.1 Å². The van der Waals surface area contributed by atoms with Crippen LogP contribution in [0.4, 0.5) is 10.5 Å². The fourth-order valence-corrected chi connectivity index (χ4v) is 2.27. The van der Waals surface area contributed by atoms with E-state index >= 15 is 0 Å². The van der Waals surface area contributed by atoms with Gasteiger partial charge in [-0.15, -0.1) is 0 Å². The fourth-order valence-electron chi connectivity index (χ4n) is 2.14. The molecule has 0 bridgehead atoms. The van der Waals surface area contributed by atoms with Gasteiger partial charge in [0.2, 0.25) is 0 Å². The van der Waals surface area contributed by atoms with Crippen LogP contribution < -0.4 is 10.6 Å². The maximum Gasteiger partial charge on any atom is 0.319 e. The molecule has 2 aromatic rings. The number of carbonyl (C=O) groups excluding carboxylic acids is 1. The summed E-state index contributed by atoms with van der Waals surface area (Å²) in [4.78, 5) is 11.9. The average molecular weight is 303 g/mol. The van der Waals surface area contributed by atoms with Crippen molar-refractivity contribution in [3.63, 3.8) is 0 Å². The predicted molar refractivity (Wildman–Crippen MR) is 88.1 cm³/mol. The lowest BCUT2D eigenvalue weighted by Crippen LogP contribution is -2.31. The molecule has 2 aromatic carbocycles. The van der Waals surface area contributed by atoms with E-state index in [1.54, 1.807) is 0 Å². The van der Waals surface area contributed by atoms with Gasteiger partial charge in [-0.05, 0) is 49.1 Å². The zero-order chi connectivity index (χ0) is 15.2. The summed E-state index contributed by atoms with van der Waals surface area (Å²) < 4.78 is 0. The van der Waals surface area contributed by atoms with E-state index in [0.717, 1.165) is 33.8 Å². The molecule has 0 aliphatic rings. The van der Waals surface area contributed by atoms with Crippen LogP contribution in [-0.2, 0) is 6.42 Å². The summed E-state index contributed by atoms with van der Waals surface area (Å²) in [6.07, 6.45) is 0.775. The Balaban J connectivity index is 1.84. The number of para-hydroxylation sites is 1. The van der Waals surface area contributed by atoms with Crippen molar-refractivity contribution in [1.29, 1.82) is 0 Å². The maximum atomic E-state index is 11.9. The van der Waals surface area contributed by atoms with Gasteiger partial charge in [0.05, 0.1) is 0 Å². The molecule has 2 amide bonds. The van der Waals surface area contributed by atoms with Crippen molar-refractivity contribution in [2.24, 2.45) is 0 Å². The largest absolute Gasteiger partial charge is 0.338 e. The van der Waals surface area contributed by atoms with E-state index in [1.807, 2.05) is 56.3 Å². The zero-order valence-electron chi connectivity index (χ0n) is 12.2. The van der Waals surface area contributed by atoms with Crippen molar-refractivity contribution >= 4 is 23.3 Å². The molecule has 0 heterocycles. The van der Waals surface area contributed by atoms with E-state index in [4.69, 9.17) is 11.6 Å². The molecule has 2 rings (SSSR count). The molecule has 110 valence electrons. The van der Waals surface area contributed by atoms with Crippen molar-refractivity contribution < 1.29 is 4.79 Å². The molecular formula is C17H19ClN2O. The first kappa shape index (κ1) is 15.4. The van der Waals surface area contributed by atoms with Gasteiger partial charge in [0, 0.05) is 17.3 Å². The first-order valence-electron chi connectivity index (χ1n) is 6.92. The number of aryl methyl sites for hydroxylation is 2. The van der Waals surface area contributed by atoms with Gasteiger partial charge in [-0.2, -0.15) is 0 Å². The van der Waals surface area contributed by atoms with Crippen molar-refractivity contribution in [2.75, 3.05) is 11.9 Å². The standard InChI is InChI=1S/C17H19ClN2O/c1-12-4-3-5-13(2)16(12)20-17(21)19-11-10-14-6-8-15(18)9-7-14/h3-9H,10-11H2,1-2H3,(H2,19,20,21). The highest BCUT2D eigenvalue weighted by Crippen LogP contribution is 2.19. The van der Waals surface area contributed by atoms with Crippen LogP contribution in [-0.4, -0.2) is 12.6 Å². The van der Waals surface area contributed by atoms with Crippen LogP contribution in [0.2, 0.25) is 5.02 Å². The highest BCUT2D eigenvalue weighted by atomic mass is 35.5. The molecule has 0 saturated carbocycles. The molecule has 0 saturated heterocycles. The number of rotatable bonds is 4. The van der Waals surface area contributed by atoms with Crippen LogP contribution >= 0.6 is 11.6 Å². The third kappa shape index (κ3) is 4.50. The Hall–Kier alpha value is -2.00. The third-order valence-electron chi connectivity index (χ3n) is 3.33. The molecule has 0 radical (unpaired) electrons. The van der Waals surface area contributed by atoms with Gasteiger partial charge < -0.3 is 10.6 Å². The summed E-state index contributed by atoms with van der Waals surface area (Å²) in [6.45, 7) is 4.55. The summed E-state index contributed by atoms with van der Waals surface area (Å²) in [6, 6.07) is 13.4. The van der Waals surface area contributed by atoms with E-state index in [1.165, 1.54) is 0 Å². The molecule has 0 aromatic heterocycles. The summed E-state index contributed by atoms with van der Waals surface area (Å²) in [5.41, 5.74) is 4.14. The number of carbonyl (C=O) groups is 1. The molecule has 2 N–H and O–H groups in total. The number of nitrogens with one attached hydrogen (secondary N) is 2. The van der Waals surface area contributed by atoms with Crippen LogP contribution in [0.5, 0.6) is 0 Å². The fraction of sp³-hybridized carbons (Fsp3) is 0.235. The van der Waals surface area contributed by atoms with Gasteiger partial charge in [-0.25, -0.2) is 4.79 Å². The second kappa shape index (κ2) is 7.14. The van der Waals surface area contributed by atoms with E-state index in [0.29, 0.717) is 6.54 Å². The Morgan fingerprint density at radius 3 is 2.29 bits per heavy atom. The van der Waals surface area contributed by atoms with Gasteiger partial charge in [0.15, 0.2) is 0 Å². The number of benzene rings is 2. The molecule has 0 atom stereocenters. The van der Waals surface area contributed by atoms with Crippen LogP contribution in [0.15, 0.2) is 42.5 Å². The molecule has 3 nitrogen and oxygen atoms in total. The number of urea groups is 1. The maximum absolute atomic E-state index is 11.9. The SMILES string of the molecule is Cc1cccc(C)c1NC(=O)NCCc1ccc(Cl)cc1. The van der Waals surface area contributed by atoms with Crippen molar-refractivity contribution in [1.82, 2.24) is 5.32 Å². The summed E-state index contributed by atoms with van der Waals surface area (Å²) in [5.74, 6) is 0. The van der Waals surface area contributed by atoms with E-state index in [9.17, 15) is 4.79 Å². The molecule has 0 aliphatic heterocycles. The molecule has 0 unspecified atom stereocenters. The number of hydrogen-bond donors (Lipinski definition) is 2. The minimum Gasteiger partial charge on any atom is -0.338 e. The normalized spacial score (nSPS) is 10.2. The van der Waals surface area contributed by atoms with Gasteiger partial charge >= 0.3 is 6.03 Å². The van der Waals surface area contributed by atoms with E-state index in [2.05, 4.69) is 10.6 Å². The van der Waals surface area contributed by atoms with Gasteiger partial charge in [0.1, 0.15) is 0 Å². The minimum absolute atomic E-state index is 0.179. The highest BCUT2D eigenvalue weighted by molar-refractivity contribution is 6.30. The monoisotopic (exact) mass is 302 g/mol. The predicted octanol–water partition coefficient (Wildman–Crippen LogP) is 4.32. The summed E-state index contributed by atoms with van der Waals surface area (Å²) in [7, 11) is 0. The first-order valence-corrected chi connectivity index (χ1v) is 7.29. The second-order valence-electron chi connectivity index (χ2n) is 5.02. The van der Waals surface area contributed by atoms with Crippen LogP contribution in [0, 0.1) is 13.8 Å². The van der Waals surface area contributed by atoms with Crippen LogP contribution in [0.25, 0.3) is 0 Å². The Kier molecular flexibility index (Phi) is 5.23. The van der Waals surface area contributed by atoms with Crippen molar-refractivity contribution in [3.05, 3.63) is 64.2 Å². The lowest BCUT2D eigenvalue weighted by atomic mass is 10.1. The van der Waals surface area contributed by atoms with Crippen molar-refractivity contribution in [2.45, 2.75) is 20.3 Å². The Morgan fingerprint density at radius 2 is 1.67 bits per heavy atom. The molecule has 4 heteroatoms. The van der Waals surface area contributed by atoms with E-state index < -0.39 is 0 Å². The minimum atomic E-state index is -0.179. The zero-order valence-corrected chi connectivity index (χ0v) is 13.0.